The quantitative estimate of drug-likeness (QED) is 0.584. The first-order valence-corrected chi connectivity index (χ1v) is 12.4. The third-order valence-electron chi connectivity index (χ3n) is 10.5. The van der Waals surface area contributed by atoms with Crippen LogP contribution in [0.4, 0.5) is 0 Å². The highest BCUT2D eigenvalue weighted by atomic mass is 16.7. The Bertz CT molecular complexity index is 706. The van der Waals surface area contributed by atoms with E-state index >= 15 is 0 Å². The van der Waals surface area contributed by atoms with Gasteiger partial charge in [-0.05, 0) is 61.2 Å². The minimum Gasteiger partial charge on any atom is -0.381 e. The fourth-order valence-corrected chi connectivity index (χ4v) is 8.85. The summed E-state index contributed by atoms with van der Waals surface area (Å²) in [7, 11) is 1.91. The van der Waals surface area contributed by atoms with Crippen molar-refractivity contribution in [1.29, 1.82) is 0 Å². The number of hydrogen-bond donors (Lipinski definition) is 0. The van der Waals surface area contributed by atoms with E-state index in [1.54, 1.807) is 0 Å². The first-order valence-electron chi connectivity index (χ1n) is 12.4. The van der Waals surface area contributed by atoms with Crippen molar-refractivity contribution >= 4 is 5.78 Å². The van der Waals surface area contributed by atoms with Crippen LogP contribution in [0.15, 0.2) is 0 Å². The lowest BCUT2D eigenvalue weighted by Gasteiger charge is -2.64. The highest BCUT2D eigenvalue weighted by molar-refractivity contribution is 5.82. The molecule has 5 aliphatic rings. The number of Topliss-reactive ketones (excluding diaryl/α,β-unsaturated/α-hetero) is 1. The van der Waals surface area contributed by atoms with Crippen LogP contribution in [0.2, 0.25) is 0 Å². The largest absolute Gasteiger partial charge is 0.381 e. The molecule has 1 saturated heterocycles. The summed E-state index contributed by atoms with van der Waals surface area (Å²) in [5.74, 6) is 2.59. The first-order chi connectivity index (χ1) is 14.1. The fourth-order valence-electron chi connectivity index (χ4n) is 8.85. The molecule has 0 aromatic rings. The fraction of sp³-hybridized carbons (Fsp3) is 0.962. The number of fused-ring (bicyclic) bond motifs is 6. The van der Waals surface area contributed by atoms with Gasteiger partial charge < -0.3 is 14.2 Å². The van der Waals surface area contributed by atoms with Crippen molar-refractivity contribution in [3.8, 4) is 0 Å². The van der Waals surface area contributed by atoms with E-state index in [2.05, 4.69) is 34.6 Å². The van der Waals surface area contributed by atoms with Crippen LogP contribution in [0.1, 0.15) is 79.6 Å². The molecule has 0 bridgehead atoms. The Hall–Kier alpha value is -0.450. The molecule has 0 unspecified atom stereocenters. The minimum atomic E-state index is -0.442. The summed E-state index contributed by atoms with van der Waals surface area (Å²) < 4.78 is 19.5. The van der Waals surface area contributed by atoms with Gasteiger partial charge in [-0.2, -0.15) is 0 Å². The van der Waals surface area contributed by atoms with Crippen molar-refractivity contribution in [2.24, 2.45) is 45.8 Å². The van der Waals surface area contributed by atoms with Gasteiger partial charge in [0.1, 0.15) is 5.78 Å². The van der Waals surface area contributed by atoms with Crippen molar-refractivity contribution in [2.75, 3.05) is 20.3 Å². The van der Waals surface area contributed by atoms with E-state index < -0.39 is 5.79 Å². The zero-order valence-corrected chi connectivity index (χ0v) is 20.0. The molecule has 4 nitrogen and oxygen atoms in total. The SMILES string of the molecule is CO[C@H]1C[C@@]2(C)[C@@H](CCC23OCC(C)(C)CO3)[C@@H]2CC[C@H]3CC(=O)[C@H](C)C[C@]3(C)[C@H]21. The molecule has 170 valence electrons. The Labute approximate surface area is 182 Å². The van der Waals surface area contributed by atoms with Gasteiger partial charge in [-0.3, -0.25) is 4.79 Å². The summed E-state index contributed by atoms with van der Waals surface area (Å²) in [5.41, 5.74) is 0.308. The molecular weight excluding hydrogens is 376 g/mol. The number of ketones is 1. The van der Waals surface area contributed by atoms with E-state index in [4.69, 9.17) is 14.2 Å². The molecule has 0 aromatic carbocycles. The normalized spacial score (nSPS) is 51.9. The number of methoxy groups -OCH3 is 1. The van der Waals surface area contributed by atoms with Gasteiger partial charge in [0.15, 0.2) is 5.79 Å². The smallest absolute Gasteiger partial charge is 0.173 e. The van der Waals surface area contributed by atoms with E-state index in [1.807, 2.05) is 7.11 Å². The molecule has 0 N–H and O–H groups in total. The number of rotatable bonds is 1. The topological polar surface area (TPSA) is 44.8 Å². The van der Waals surface area contributed by atoms with Crippen molar-refractivity contribution in [2.45, 2.75) is 91.5 Å². The average Bonchev–Trinajstić information content (AvgIpc) is 2.97. The van der Waals surface area contributed by atoms with Crippen LogP contribution in [-0.2, 0) is 19.0 Å². The van der Waals surface area contributed by atoms with Crippen LogP contribution in [0, 0.1) is 45.8 Å². The molecule has 0 amide bonds. The number of ether oxygens (including phenoxy) is 3. The third-order valence-corrected chi connectivity index (χ3v) is 10.5. The molecule has 1 heterocycles. The van der Waals surface area contributed by atoms with E-state index in [1.165, 1.54) is 19.3 Å². The van der Waals surface area contributed by atoms with Crippen LogP contribution in [0.3, 0.4) is 0 Å². The molecule has 5 rings (SSSR count). The van der Waals surface area contributed by atoms with E-state index in [-0.39, 0.29) is 28.3 Å². The van der Waals surface area contributed by atoms with Crippen LogP contribution in [0.25, 0.3) is 0 Å². The maximum Gasteiger partial charge on any atom is 0.173 e. The predicted molar refractivity (Wildman–Crippen MR) is 116 cm³/mol. The molecule has 8 atom stereocenters. The Morgan fingerprint density at radius 3 is 2.37 bits per heavy atom. The predicted octanol–water partition coefficient (Wildman–Crippen LogP) is 5.24. The van der Waals surface area contributed by atoms with Gasteiger partial charge in [-0.15, -0.1) is 0 Å². The van der Waals surface area contributed by atoms with Crippen LogP contribution < -0.4 is 0 Å². The van der Waals surface area contributed by atoms with E-state index in [9.17, 15) is 4.79 Å². The molecule has 5 fully saturated rings. The van der Waals surface area contributed by atoms with Crippen molar-refractivity contribution in [3.63, 3.8) is 0 Å². The second-order valence-corrected chi connectivity index (χ2v) is 12.8. The van der Waals surface area contributed by atoms with Crippen molar-refractivity contribution in [1.82, 2.24) is 0 Å². The molecule has 0 aromatic heterocycles. The number of hydrogen-bond acceptors (Lipinski definition) is 4. The molecule has 1 aliphatic heterocycles. The van der Waals surface area contributed by atoms with Crippen molar-refractivity contribution in [3.05, 3.63) is 0 Å². The summed E-state index contributed by atoms with van der Waals surface area (Å²) in [6.45, 7) is 13.1. The van der Waals surface area contributed by atoms with Gasteiger partial charge in [0.2, 0.25) is 0 Å². The maximum absolute atomic E-state index is 12.5. The first kappa shape index (κ1) is 21.4. The summed E-state index contributed by atoms with van der Waals surface area (Å²) in [6, 6.07) is 0. The molecular formula is C26H42O4. The van der Waals surface area contributed by atoms with Crippen molar-refractivity contribution < 1.29 is 19.0 Å². The zero-order valence-electron chi connectivity index (χ0n) is 20.0. The second-order valence-electron chi connectivity index (χ2n) is 12.8. The summed E-state index contributed by atoms with van der Waals surface area (Å²) in [4.78, 5) is 12.5. The summed E-state index contributed by atoms with van der Waals surface area (Å²) >= 11 is 0. The Morgan fingerprint density at radius 1 is 1.00 bits per heavy atom. The van der Waals surface area contributed by atoms with Gasteiger partial charge in [-0.25, -0.2) is 0 Å². The Kier molecular flexibility index (Phi) is 4.83. The lowest BCUT2D eigenvalue weighted by molar-refractivity contribution is -0.353. The molecule has 4 heteroatoms. The van der Waals surface area contributed by atoms with Gasteiger partial charge in [0.05, 0.1) is 19.3 Å². The molecule has 4 aliphatic carbocycles. The highest BCUT2D eigenvalue weighted by Gasteiger charge is 2.70. The van der Waals surface area contributed by atoms with Gasteiger partial charge in [-0.1, -0.05) is 34.6 Å². The van der Waals surface area contributed by atoms with E-state index in [0.717, 1.165) is 38.9 Å². The minimum absolute atomic E-state index is 0.00461. The van der Waals surface area contributed by atoms with Gasteiger partial charge in [0, 0.05) is 36.7 Å². The zero-order chi connectivity index (χ0) is 21.5. The van der Waals surface area contributed by atoms with E-state index in [0.29, 0.717) is 29.5 Å². The highest BCUT2D eigenvalue weighted by Crippen LogP contribution is 2.70. The monoisotopic (exact) mass is 418 g/mol. The summed E-state index contributed by atoms with van der Waals surface area (Å²) in [6.07, 6.45) is 7.69. The van der Waals surface area contributed by atoms with Gasteiger partial charge in [0.25, 0.3) is 0 Å². The number of carbonyl (C=O) groups is 1. The average molecular weight is 419 g/mol. The molecule has 4 saturated carbocycles. The third kappa shape index (κ3) is 2.78. The second kappa shape index (κ2) is 6.78. The van der Waals surface area contributed by atoms with Crippen LogP contribution in [0.5, 0.6) is 0 Å². The van der Waals surface area contributed by atoms with Crippen LogP contribution >= 0.6 is 0 Å². The lowest BCUT2D eigenvalue weighted by Crippen LogP contribution is -2.64. The lowest BCUT2D eigenvalue weighted by atomic mass is 9.43. The Morgan fingerprint density at radius 2 is 1.70 bits per heavy atom. The number of carbonyl (C=O) groups excluding carboxylic acids is 1. The van der Waals surface area contributed by atoms with Crippen LogP contribution in [-0.4, -0.2) is 38.0 Å². The standard InChI is InChI=1S/C26H42O4/c1-16-12-24(4)17(11-20(16)27)7-8-18-19-9-10-26(29-14-23(2,3)15-30-26)25(19,5)13-21(28-6)22(18)24/h16-19,21-22H,7-15H2,1-6H3/t16-,17+,18+,19+,21+,22-,24+,25+/m1/s1. The molecule has 1 spiro atoms. The maximum atomic E-state index is 12.5. The molecule has 0 radical (unpaired) electrons. The summed E-state index contributed by atoms with van der Waals surface area (Å²) in [5, 5.41) is 0. The van der Waals surface area contributed by atoms with Gasteiger partial charge >= 0.3 is 0 Å². The Balaban J connectivity index is 1.49. The molecule has 30 heavy (non-hydrogen) atoms.